The highest BCUT2D eigenvalue weighted by Gasteiger charge is 2.22. The number of benzene rings is 1. The van der Waals surface area contributed by atoms with E-state index < -0.39 is 17.6 Å². The minimum absolute atomic E-state index is 0.194. The van der Waals surface area contributed by atoms with Gasteiger partial charge in [-0.2, -0.15) is 0 Å². The van der Waals surface area contributed by atoms with E-state index in [0.29, 0.717) is 30.0 Å². The number of aromatic nitrogens is 2. The highest BCUT2D eigenvalue weighted by Crippen LogP contribution is 2.16. The second-order valence-corrected chi connectivity index (χ2v) is 6.88. The lowest BCUT2D eigenvalue weighted by molar-refractivity contribution is -0.132. The Morgan fingerprint density at radius 1 is 1.36 bits per heavy atom. The summed E-state index contributed by atoms with van der Waals surface area (Å²) >= 11 is 0. The first-order valence-corrected chi connectivity index (χ1v) is 9.07. The molecule has 2 heterocycles. The first-order valence-electron chi connectivity index (χ1n) is 9.07. The predicted molar refractivity (Wildman–Crippen MR) is 102 cm³/mol. The molecule has 1 aromatic heterocycles. The molecule has 1 aliphatic rings. The topological polar surface area (TPSA) is 78.4 Å². The number of nitrogens with zero attached hydrogens (tertiary/aromatic N) is 3. The van der Waals surface area contributed by atoms with Crippen LogP contribution in [-0.2, 0) is 11.2 Å². The molecule has 1 aliphatic heterocycles. The van der Waals surface area contributed by atoms with Crippen molar-refractivity contribution in [1.82, 2.24) is 14.9 Å². The molecule has 0 saturated carbocycles. The summed E-state index contributed by atoms with van der Waals surface area (Å²) in [4.78, 5) is 21.5. The number of aliphatic carboxylic acids is 1. The third kappa shape index (κ3) is 5.32. The number of carboxylic acids is 1. The van der Waals surface area contributed by atoms with Gasteiger partial charge < -0.3 is 15.3 Å². The van der Waals surface area contributed by atoms with Gasteiger partial charge in [-0.3, -0.25) is 4.98 Å². The van der Waals surface area contributed by atoms with Gasteiger partial charge in [-0.05, 0) is 37.5 Å². The molecule has 0 aliphatic carbocycles. The molecule has 0 radical (unpaired) electrons. The maximum Gasteiger partial charge on any atom is 0.331 e. The summed E-state index contributed by atoms with van der Waals surface area (Å²) in [5.74, 6) is -1.43. The van der Waals surface area contributed by atoms with Crippen LogP contribution in [0.1, 0.15) is 24.6 Å². The number of hydrogen-bond donors (Lipinski definition) is 2. The number of carbonyl (C=O) groups is 1. The monoisotopic (exact) mass is 388 g/mol. The second-order valence-electron chi connectivity index (χ2n) is 6.88. The van der Waals surface area contributed by atoms with Crippen molar-refractivity contribution in [3.05, 3.63) is 59.1 Å². The number of nitrogens with one attached hydrogen (secondary N) is 1. The molecule has 1 aromatic carbocycles. The van der Waals surface area contributed by atoms with Crippen molar-refractivity contribution in [2.75, 3.05) is 25.0 Å². The Balaban J connectivity index is 1.49. The van der Waals surface area contributed by atoms with Gasteiger partial charge >= 0.3 is 5.97 Å². The van der Waals surface area contributed by atoms with Crippen LogP contribution in [0.4, 0.5) is 14.6 Å². The van der Waals surface area contributed by atoms with E-state index in [4.69, 9.17) is 5.11 Å². The summed E-state index contributed by atoms with van der Waals surface area (Å²) in [5, 5.41) is 12.2. The van der Waals surface area contributed by atoms with Crippen molar-refractivity contribution in [2.45, 2.75) is 25.8 Å². The van der Waals surface area contributed by atoms with Crippen LogP contribution in [0.2, 0.25) is 0 Å². The van der Waals surface area contributed by atoms with Crippen molar-refractivity contribution in [2.24, 2.45) is 0 Å². The fourth-order valence-corrected chi connectivity index (χ4v) is 3.14. The molecule has 0 bridgehead atoms. The van der Waals surface area contributed by atoms with Gasteiger partial charge in [0.1, 0.15) is 17.5 Å². The molecule has 6 nitrogen and oxygen atoms in total. The van der Waals surface area contributed by atoms with Crippen molar-refractivity contribution < 1.29 is 18.7 Å². The molecule has 3 rings (SSSR count). The fourth-order valence-electron chi connectivity index (χ4n) is 3.14. The first kappa shape index (κ1) is 19.9. The van der Waals surface area contributed by atoms with Crippen molar-refractivity contribution in [1.29, 1.82) is 0 Å². The van der Waals surface area contributed by atoms with Crippen LogP contribution in [0.25, 0.3) is 6.08 Å². The van der Waals surface area contributed by atoms with Gasteiger partial charge in [0.2, 0.25) is 0 Å². The van der Waals surface area contributed by atoms with E-state index in [0.717, 1.165) is 25.6 Å². The van der Waals surface area contributed by atoms with Crippen LogP contribution in [0.3, 0.4) is 0 Å². The highest BCUT2D eigenvalue weighted by atomic mass is 19.1. The van der Waals surface area contributed by atoms with Gasteiger partial charge in [0.25, 0.3) is 0 Å². The van der Waals surface area contributed by atoms with E-state index in [1.807, 2.05) is 0 Å². The third-order valence-corrected chi connectivity index (χ3v) is 4.71. The molecule has 148 valence electrons. The highest BCUT2D eigenvalue weighted by molar-refractivity contribution is 5.91. The third-order valence-electron chi connectivity index (χ3n) is 4.71. The molecular weight excluding hydrogens is 366 g/mol. The van der Waals surface area contributed by atoms with E-state index in [9.17, 15) is 13.6 Å². The molecule has 0 spiro atoms. The van der Waals surface area contributed by atoms with Gasteiger partial charge in [0.05, 0.1) is 18.1 Å². The van der Waals surface area contributed by atoms with E-state index in [-0.39, 0.29) is 11.6 Å². The number of anilines is 1. The maximum absolute atomic E-state index is 13.7. The molecule has 1 saturated heterocycles. The Morgan fingerprint density at radius 3 is 2.86 bits per heavy atom. The minimum Gasteiger partial charge on any atom is -0.478 e. The predicted octanol–water partition coefficient (Wildman–Crippen LogP) is 2.97. The quantitative estimate of drug-likeness (QED) is 0.710. The Hall–Kier alpha value is -2.87. The van der Waals surface area contributed by atoms with Gasteiger partial charge in [0, 0.05) is 37.3 Å². The molecule has 0 amide bonds. The summed E-state index contributed by atoms with van der Waals surface area (Å²) in [6.45, 7) is 3.88. The van der Waals surface area contributed by atoms with Gasteiger partial charge in [-0.15, -0.1) is 0 Å². The lowest BCUT2D eigenvalue weighted by Crippen LogP contribution is -2.28. The van der Waals surface area contributed by atoms with E-state index in [1.165, 1.54) is 31.3 Å². The first-order chi connectivity index (χ1) is 13.4. The van der Waals surface area contributed by atoms with Gasteiger partial charge in [-0.1, -0.05) is 6.07 Å². The Labute approximate surface area is 161 Å². The lowest BCUT2D eigenvalue weighted by Gasteiger charge is -2.17. The van der Waals surface area contributed by atoms with Crippen molar-refractivity contribution >= 4 is 17.9 Å². The molecule has 0 unspecified atom stereocenters. The largest absolute Gasteiger partial charge is 0.478 e. The van der Waals surface area contributed by atoms with Crippen molar-refractivity contribution in [3.8, 4) is 0 Å². The number of likely N-dealkylation sites (tertiary alicyclic amines) is 1. The maximum atomic E-state index is 13.7. The molecule has 1 atom stereocenters. The molecule has 1 fully saturated rings. The molecule has 28 heavy (non-hydrogen) atoms. The Kier molecular flexibility index (Phi) is 6.30. The van der Waals surface area contributed by atoms with Crippen LogP contribution < -0.4 is 5.32 Å². The van der Waals surface area contributed by atoms with Gasteiger partial charge in [-0.25, -0.2) is 18.6 Å². The van der Waals surface area contributed by atoms with E-state index in [2.05, 4.69) is 20.2 Å². The van der Waals surface area contributed by atoms with Crippen LogP contribution in [0, 0.1) is 11.6 Å². The zero-order chi connectivity index (χ0) is 20.1. The number of halogens is 2. The fraction of sp³-hybridized carbons (Fsp3) is 0.350. The molecule has 8 heteroatoms. The molecule has 2 aromatic rings. The number of hydrogen-bond acceptors (Lipinski definition) is 5. The number of rotatable bonds is 7. The standard InChI is InChI=1S/C20H22F2N4O2/c1-13(20(27)28)8-17-10-24-19(11-23-17)25-16-5-7-26(12-16)6-4-14-2-3-15(21)9-18(14)22/h2-3,8-11,16H,4-7,12H2,1H3,(H,24,25)(H,27,28)/t16-/m1/s1. The normalized spacial score (nSPS) is 17.7. The summed E-state index contributed by atoms with van der Waals surface area (Å²) in [7, 11) is 0. The summed E-state index contributed by atoms with van der Waals surface area (Å²) in [5.41, 5.74) is 1.20. The average Bonchev–Trinajstić information content (AvgIpc) is 3.10. The Bertz CT molecular complexity index is 871. The molecule has 2 N–H and O–H groups in total. The number of carboxylic acid groups (broad SMARTS) is 1. The SMILES string of the molecule is CC(=Cc1cnc(N[C@@H]2CCN(CCc3ccc(F)cc3F)C2)cn1)C(=O)O. The smallest absolute Gasteiger partial charge is 0.331 e. The summed E-state index contributed by atoms with van der Waals surface area (Å²) < 4.78 is 26.7. The van der Waals surface area contributed by atoms with Crippen LogP contribution in [0.5, 0.6) is 0 Å². The zero-order valence-electron chi connectivity index (χ0n) is 15.5. The summed E-state index contributed by atoms with van der Waals surface area (Å²) in [6.07, 6.45) is 6.03. The average molecular weight is 388 g/mol. The van der Waals surface area contributed by atoms with Gasteiger partial charge in [0.15, 0.2) is 0 Å². The zero-order valence-corrected chi connectivity index (χ0v) is 15.5. The minimum atomic E-state index is -0.990. The van der Waals surface area contributed by atoms with E-state index >= 15 is 0 Å². The van der Waals surface area contributed by atoms with Crippen LogP contribution >= 0.6 is 0 Å². The lowest BCUT2D eigenvalue weighted by atomic mass is 10.1. The van der Waals surface area contributed by atoms with E-state index in [1.54, 1.807) is 6.20 Å². The van der Waals surface area contributed by atoms with Crippen molar-refractivity contribution in [3.63, 3.8) is 0 Å². The summed E-state index contributed by atoms with van der Waals surface area (Å²) in [6, 6.07) is 3.89. The van der Waals surface area contributed by atoms with Crippen LogP contribution in [-0.4, -0.2) is 51.6 Å². The Morgan fingerprint density at radius 2 is 2.18 bits per heavy atom. The van der Waals surface area contributed by atoms with Crippen LogP contribution in [0.15, 0.2) is 36.2 Å². The molecular formula is C20H22F2N4O2. The second kappa shape index (κ2) is 8.88.